The fraction of sp³-hybridized carbons (Fsp3) is 0.619. The molecule has 1 fully saturated rings. The molecule has 0 aromatic carbocycles. The predicted octanol–water partition coefficient (Wildman–Crippen LogP) is 5.27. The lowest BCUT2D eigenvalue weighted by atomic mass is 9.91. The maximum atomic E-state index is 13.8. The Morgan fingerprint density at radius 2 is 2.03 bits per heavy atom. The molecule has 11 heteroatoms. The Balaban J connectivity index is 1.54. The minimum atomic E-state index is -2.81. The second-order valence-electron chi connectivity index (χ2n) is 8.51. The van der Waals surface area contributed by atoms with Gasteiger partial charge >= 0.3 is 6.09 Å². The van der Waals surface area contributed by atoms with Crippen molar-refractivity contribution < 1.29 is 31.6 Å². The van der Waals surface area contributed by atoms with Gasteiger partial charge in [-0.1, -0.05) is 11.6 Å². The van der Waals surface area contributed by atoms with Gasteiger partial charge in [0, 0.05) is 25.8 Å². The van der Waals surface area contributed by atoms with E-state index in [1.165, 1.54) is 31.7 Å². The van der Waals surface area contributed by atoms with Crippen molar-refractivity contribution in [3.05, 3.63) is 35.4 Å². The molecule has 3 rings (SSSR count). The van der Waals surface area contributed by atoms with E-state index in [4.69, 9.17) is 9.26 Å². The Bertz CT molecular complexity index is 937. The van der Waals surface area contributed by atoms with Gasteiger partial charge in [-0.3, -0.25) is 4.90 Å². The summed E-state index contributed by atoms with van der Waals surface area (Å²) < 4.78 is 63.6. The number of halogens is 4. The number of aromatic nitrogens is 3. The molecule has 0 unspecified atom stereocenters. The number of rotatable bonds is 9. The number of ether oxygens (including phenoxy) is 1. The van der Waals surface area contributed by atoms with Crippen molar-refractivity contribution >= 4 is 11.9 Å². The van der Waals surface area contributed by atoms with Crippen LogP contribution in [0.2, 0.25) is 0 Å². The van der Waals surface area contributed by atoms with E-state index in [9.17, 15) is 22.4 Å². The molecule has 2 aromatic heterocycles. The minimum Gasteiger partial charge on any atom is -0.445 e. The number of pyridine rings is 1. The number of aryl methyl sites for hydroxylation is 2. The van der Waals surface area contributed by atoms with Gasteiger partial charge in [-0.15, -0.1) is 0 Å². The molecule has 1 aliphatic rings. The van der Waals surface area contributed by atoms with E-state index in [2.05, 4.69) is 15.1 Å². The lowest BCUT2D eigenvalue weighted by Gasteiger charge is -2.35. The molecule has 0 N–H and O–H groups in total. The summed E-state index contributed by atoms with van der Waals surface area (Å²) in [5.41, 5.74) is -1.41. The summed E-state index contributed by atoms with van der Waals surface area (Å²) in [5.74, 6) is -2.83. The molecule has 1 amide bonds. The van der Waals surface area contributed by atoms with Crippen LogP contribution in [0.25, 0.3) is 0 Å². The fourth-order valence-corrected chi connectivity index (χ4v) is 3.19. The number of carbonyl (C=O) groups excluding carboxylic acids is 1. The van der Waals surface area contributed by atoms with Crippen LogP contribution in [0.4, 0.5) is 28.2 Å². The van der Waals surface area contributed by atoms with Gasteiger partial charge in [0.15, 0.2) is 11.5 Å². The quantitative estimate of drug-likeness (QED) is 0.376. The monoisotopic (exact) mass is 458 g/mol. The van der Waals surface area contributed by atoms with Gasteiger partial charge in [0.25, 0.3) is 11.8 Å². The summed E-state index contributed by atoms with van der Waals surface area (Å²) in [6.07, 6.45) is 0.652. The highest BCUT2D eigenvalue weighted by atomic mass is 19.3. The van der Waals surface area contributed by atoms with Gasteiger partial charge in [0.1, 0.15) is 17.7 Å². The number of alkyl halides is 3. The molecule has 2 heterocycles. The zero-order chi connectivity index (χ0) is 23.5. The first-order valence-electron chi connectivity index (χ1n) is 10.4. The maximum absolute atomic E-state index is 13.8. The number of hydrogen-bond acceptors (Lipinski definition) is 6. The Labute approximate surface area is 183 Å². The second kappa shape index (κ2) is 9.41. The molecule has 0 aliphatic heterocycles. The molecule has 1 saturated carbocycles. The summed E-state index contributed by atoms with van der Waals surface area (Å²) in [6.45, 7) is 4.39. The van der Waals surface area contributed by atoms with Crippen molar-refractivity contribution in [3.63, 3.8) is 0 Å². The molecule has 0 saturated heterocycles. The zero-order valence-electron chi connectivity index (χ0n) is 18.2. The summed E-state index contributed by atoms with van der Waals surface area (Å²) >= 11 is 0. The standard InChI is InChI=1S/C21H26F4N4O3/c1-13-9-17(26-12-15(13)22)29(19(30)31-14-10-21(24,25)11-14)8-6-4-5-7-16-27-18(32-28-16)20(2,3)23/h9,12,14H,4-8,10-11H2,1-3H3. The lowest BCUT2D eigenvalue weighted by Crippen LogP contribution is -2.45. The Hall–Kier alpha value is -2.72. The van der Waals surface area contributed by atoms with E-state index >= 15 is 0 Å². The lowest BCUT2D eigenvalue weighted by molar-refractivity contribution is -0.143. The van der Waals surface area contributed by atoms with Crippen LogP contribution in [0.15, 0.2) is 16.8 Å². The molecule has 2 aromatic rings. The van der Waals surface area contributed by atoms with E-state index in [0.717, 1.165) is 6.20 Å². The summed E-state index contributed by atoms with van der Waals surface area (Å²) in [7, 11) is 0. The second-order valence-corrected chi connectivity index (χ2v) is 8.51. The number of amides is 1. The molecule has 7 nitrogen and oxygen atoms in total. The Kier molecular flexibility index (Phi) is 7.04. The van der Waals surface area contributed by atoms with Crippen LogP contribution in [0.5, 0.6) is 0 Å². The first kappa shape index (κ1) is 23.9. The molecular formula is C21H26F4N4O3. The average Bonchev–Trinajstić information content (AvgIpc) is 3.15. The summed E-state index contributed by atoms with van der Waals surface area (Å²) in [4.78, 5) is 21.8. The van der Waals surface area contributed by atoms with Gasteiger partial charge in [-0.05, 0) is 45.2 Å². The Morgan fingerprint density at radius 1 is 1.31 bits per heavy atom. The number of anilines is 1. The van der Waals surface area contributed by atoms with Crippen LogP contribution < -0.4 is 4.90 Å². The minimum absolute atomic E-state index is 0.0826. The zero-order valence-corrected chi connectivity index (χ0v) is 18.2. The van der Waals surface area contributed by atoms with Crippen molar-refractivity contribution in [2.45, 2.75) is 77.0 Å². The first-order chi connectivity index (χ1) is 14.9. The third-order valence-corrected chi connectivity index (χ3v) is 5.11. The molecule has 176 valence electrons. The van der Waals surface area contributed by atoms with Gasteiger partial charge in [-0.2, -0.15) is 4.98 Å². The van der Waals surface area contributed by atoms with Gasteiger partial charge in [0.05, 0.1) is 6.20 Å². The molecule has 0 bridgehead atoms. The highest BCUT2D eigenvalue weighted by Crippen LogP contribution is 2.39. The van der Waals surface area contributed by atoms with Gasteiger partial charge < -0.3 is 9.26 Å². The largest absolute Gasteiger partial charge is 0.445 e. The van der Waals surface area contributed by atoms with E-state index in [1.807, 2.05) is 0 Å². The third-order valence-electron chi connectivity index (χ3n) is 5.11. The van der Waals surface area contributed by atoms with Crippen LogP contribution in [-0.4, -0.2) is 39.8 Å². The normalized spacial score (nSPS) is 16.0. The van der Waals surface area contributed by atoms with E-state index in [1.54, 1.807) is 0 Å². The number of unbranched alkanes of at least 4 members (excludes halogenated alkanes) is 2. The van der Waals surface area contributed by atoms with Crippen LogP contribution in [0.3, 0.4) is 0 Å². The summed E-state index contributed by atoms with van der Waals surface area (Å²) in [6, 6.07) is 1.41. The fourth-order valence-electron chi connectivity index (χ4n) is 3.19. The number of carbonyl (C=O) groups is 1. The molecule has 0 atom stereocenters. The third kappa shape index (κ3) is 6.17. The van der Waals surface area contributed by atoms with Crippen molar-refractivity contribution in [2.75, 3.05) is 11.4 Å². The summed E-state index contributed by atoms with van der Waals surface area (Å²) in [5, 5.41) is 3.75. The number of nitrogens with zero attached hydrogens (tertiary/aromatic N) is 4. The van der Waals surface area contributed by atoms with Crippen LogP contribution in [-0.2, 0) is 16.8 Å². The highest BCUT2D eigenvalue weighted by Gasteiger charge is 2.48. The molecule has 1 aliphatic carbocycles. The number of hydrogen-bond donors (Lipinski definition) is 0. The van der Waals surface area contributed by atoms with Gasteiger partial charge in [-0.25, -0.2) is 27.3 Å². The van der Waals surface area contributed by atoms with Crippen LogP contribution >= 0.6 is 0 Å². The van der Waals surface area contributed by atoms with E-state index in [-0.39, 0.29) is 18.3 Å². The molecular weight excluding hydrogens is 432 g/mol. The van der Waals surface area contributed by atoms with Crippen LogP contribution in [0, 0.1) is 12.7 Å². The van der Waals surface area contributed by atoms with Crippen molar-refractivity contribution in [1.29, 1.82) is 0 Å². The van der Waals surface area contributed by atoms with Crippen molar-refractivity contribution in [1.82, 2.24) is 15.1 Å². The predicted molar refractivity (Wildman–Crippen MR) is 107 cm³/mol. The maximum Gasteiger partial charge on any atom is 0.415 e. The molecule has 0 radical (unpaired) electrons. The highest BCUT2D eigenvalue weighted by molar-refractivity contribution is 5.86. The van der Waals surface area contributed by atoms with E-state index in [0.29, 0.717) is 37.1 Å². The smallest absolute Gasteiger partial charge is 0.415 e. The van der Waals surface area contributed by atoms with E-state index < -0.39 is 42.4 Å². The first-order valence-corrected chi connectivity index (χ1v) is 10.4. The van der Waals surface area contributed by atoms with Crippen molar-refractivity contribution in [3.8, 4) is 0 Å². The average molecular weight is 458 g/mol. The van der Waals surface area contributed by atoms with Crippen molar-refractivity contribution in [2.24, 2.45) is 0 Å². The Morgan fingerprint density at radius 3 is 2.62 bits per heavy atom. The topological polar surface area (TPSA) is 81.4 Å². The van der Waals surface area contributed by atoms with Gasteiger partial charge in [0.2, 0.25) is 0 Å². The molecule has 32 heavy (non-hydrogen) atoms. The van der Waals surface area contributed by atoms with Crippen LogP contribution in [0.1, 0.15) is 63.2 Å². The molecule has 0 spiro atoms. The SMILES string of the molecule is Cc1cc(N(CCCCCc2noc(C(C)(C)F)n2)C(=O)OC2CC(F)(F)C2)ncc1F.